The van der Waals surface area contributed by atoms with E-state index in [1.807, 2.05) is 6.07 Å². The summed E-state index contributed by atoms with van der Waals surface area (Å²) >= 11 is 6.76. The van der Waals surface area contributed by atoms with Gasteiger partial charge in [-0.2, -0.15) is 0 Å². The molecule has 1 fully saturated rings. The number of aliphatic hydroxyl groups is 1. The predicted molar refractivity (Wildman–Crippen MR) is 62.0 cm³/mol. The normalized spacial score (nSPS) is 19.9. The summed E-state index contributed by atoms with van der Waals surface area (Å²) in [6.45, 7) is 0. The Labute approximate surface area is 100.0 Å². The highest BCUT2D eigenvalue weighted by Gasteiger charge is 2.34. The highest BCUT2D eigenvalue weighted by molar-refractivity contribution is 9.11. The molecule has 1 aliphatic rings. The molecule has 0 aromatic carbocycles. The number of pyridine rings is 1. The molecule has 0 bridgehead atoms. The number of halogens is 2. The minimum Gasteiger partial charge on any atom is -0.385 e. The number of hydrogen-bond donors (Lipinski definition) is 1. The minimum atomic E-state index is -0.649. The average molecular weight is 321 g/mol. The molecule has 14 heavy (non-hydrogen) atoms. The Bertz CT molecular complexity index is 348. The van der Waals surface area contributed by atoms with Crippen molar-refractivity contribution >= 4 is 31.9 Å². The lowest BCUT2D eigenvalue weighted by atomic mass is 9.93. The van der Waals surface area contributed by atoms with E-state index in [1.54, 1.807) is 6.20 Å². The first kappa shape index (κ1) is 10.6. The van der Waals surface area contributed by atoms with Crippen LogP contribution < -0.4 is 0 Å². The molecule has 1 aromatic rings. The molecule has 1 aromatic heterocycles. The fourth-order valence-corrected chi connectivity index (χ4v) is 2.92. The maximum Gasteiger partial charge on any atom is 0.106 e. The summed E-state index contributed by atoms with van der Waals surface area (Å²) in [6, 6.07) is 1.90. The SMILES string of the molecule is OC1(c2cc(Br)ncc2Br)CCCC1. The second kappa shape index (κ2) is 3.91. The number of aromatic nitrogens is 1. The van der Waals surface area contributed by atoms with E-state index in [0.717, 1.165) is 40.3 Å². The van der Waals surface area contributed by atoms with Gasteiger partial charge in [-0.1, -0.05) is 12.8 Å². The largest absolute Gasteiger partial charge is 0.385 e. The van der Waals surface area contributed by atoms with Crippen LogP contribution in [-0.4, -0.2) is 10.1 Å². The van der Waals surface area contributed by atoms with Crippen molar-refractivity contribution in [3.05, 3.63) is 26.9 Å². The van der Waals surface area contributed by atoms with E-state index in [4.69, 9.17) is 0 Å². The van der Waals surface area contributed by atoms with Crippen LogP contribution in [0.1, 0.15) is 31.2 Å². The topological polar surface area (TPSA) is 33.1 Å². The third kappa shape index (κ3) is 1.88. The monoisotopic (exact) mass is 319 g/mol. The summed E-state index contributed by atoms with van der Waals surface area (Å²) in [4.78, 5) is 4.10. The predicted octanol–water partition coefficient (Wildman–Crippen LogP) is 3.37. The van der Waals surface area contributed by atoms with Crippen LogP contribution in [0.4, 0.5) is 0 Å². The van der Waals surface area contributed by atoms with Gasteiger partial charge in [-0.3, -0.25) is 0 Å². The van der Waals surface area contributed by atoms with Gasteiger partial charge in [-0.05, 0) is 50.8 Å². The Balaban J connectivity index is 2.44. The number of nitrogens with zero attached hydrogens (tertiary/aromatic N) is 1. The fourth-order valence-electron chi connectivity index (χ4n) is 2.00. The smallest absolute Gasteiger partial charge is 0.106 e. The molecule has 1 N–H and O–H groups in total. The van der Waals surface area contributed by atoms with Gasteiger partial charge in [0.25, 0.3) is 0 Å². The van der Waals surface area contributed by atoms with Gasteiger partial charge < -0.3 is 5.11 Å². The van der Waals surface area contributed by atoms with Crippen LogP contribution in [0, 0.1) is 0 Å². The number of hydrogen-bond acceptors (Lipinski definition) is 2. The molecule has 2 rings (SSSR count). The quantitative estimate of drug-likeness (QED) is 0.805. The maximum atomic E-state index is 10.4. The second-order valence-corrected chi connectivity index (χ2v) is 5.39. The summed E-state index contributed by atoms with van der Waals surface area (Å²) < 4.78 is 1.67. The van der Waals surface area contributed by atoms with E-state index in [2.05, 4.69) is 36.8 Å². The first-order valence-electron chi connectivity index (χ1n) is 4.66. The van der Waals surface area contributed by atoms with Crippen molar-refractivity contribution in [1.29, 1.82) is 0 Å². The zero-order valence-corrected chi connectivity index (χ0v) is 10.8. The molecule has 4 heteroatoms. The van der Waals surface area contributed by atoms with E-state index in [1.165, 1.54) is 0 Å². The van der Waals surface area contributed by atoms with Gasteiger partial charge >= 0.3 is 0 Å². The van der Waals surface area contributed by atoms with Gasteiger partial charge in [-0.25, -0.2) is 4.98 Å². The minimum absolute atomic E-state index is 0.649. The van der Waals surface area contributed by atoms with Gasteiger partial charge in [0, 0.05) is 16.2 Å². The highest BCUT2D eigenvalue weighted by atomic mass is 79.9. The third-order valence-electron chi connectivity index (χ3n) is 2.75. The molecule has 0 aliphatic heterocycles. The van der Waals surface area contributed by atoms with E-state index < -0.39 is 5.60 Å². The molecular weight excluding hydrogens is 310 g/mol. The van der Waals surface area contributed by atoms with Gasteiger partial charge in [0.15, 0.2) is 0 Å². The van der Waals surface area contributed by atoms with Gasteiger partial charge in [0.2, 0.25) is 0 Å². The molecule has 0 atom stereocenters. The van der Waals surface area contributed by atoms with Gasteiger partial charge in [-0.15, -0.1) is 0 Å². The van der Waals surface area contributed by atoms with Crippen LogP contribution in [0.25, 0.3) is 0 Å². The lowest BCUT2D eigenvalue weighted by Gasteiger charge is -2.23. The zero-order valence-electron chi connectivity index (χ0n) is 7.63. The van der Waals surface area contributed by atoms with Gasteiger partial charge in [0.05, 0.1) is 5.60 Å². The molecule has 0 amide bonds. The molecular formula is C10H11Br2NO. The van der Waals surface area contributed by atoms with Crippen LogP contribution >= 0.6 is 31.9 Å². The van der Waals surface area contributed by atoms with Gasteiger partial charge in [0.1, 0.15) is 4.60 Å². The Morgan fingerprint density at radius 3 is 2.57 bits per heavy atom. The van der Waals surface area contributed by atoms with Crippen molar-refractivity contribution in [3.63, 3.8) is 0 Å². The Morgan fingerprint density at radius 2 is 1.93 bits per heavy atom. The number of rotatable bonds is 1. The molecule has 2 nitrogen and oxygen atoms in total. The van der Waals surface area contributed by atoms with Crippen molar-refractivity contribution in [2.24, 2.45) is 0 Å². The van der Waals surface area contributed by atoms with Crippen molar-refractivity contribution < 1.29 is 5.11 Å². The van der Waals surface area contributed by atoms with E-state index in [0.29, 0.717) is 0 Å². The van der Waals surface area contributed by atoms with Crippen LogP contribution in [0.5, 0.6) is 0 Å². The summed E-state index contributed by atoms with van der Waals surface area (Å²) in [7, 11) is 0. The van der Waals surface area contributed by atoms with Crippen molar-refractivity contribution in [3.8, 4) is 0 Å². The Hall–Kier alpha value is 0.0700. The fraction of sp³-hybridized carbons (Fsp3) is 0.500. The standard InChI is InChI=1S/C10H11Br2NO/c11-8-6-13-9(12)5-7(8)10(14)3-1-2-4-10/h5-6,14H,1-4H2. The average Bonchev–Trinajstić information content (AvgIpc) is 2.58. The molecule has 0 radical (unpaired) electrons. The second-order valence-electron chi connectivity index (χ2n) is 3.73. The Morgan fingerprint density at radius 1 is 1.29 bits per heavy atom. The van der Waals surface area contributed by atoms with Crippen LogP contribution in [0.15, 0.2) is 21.3 Å². The van der Waals surface area contributed by atoms with E-state index >= 15 is 0 Å². The first-order chi connectivity index (χ1) is 6.62. The van der Waals surface area contributed by atoms with E-state index in [-0.39, 0.29) is 0 Å². The summed E-state index contributed by atoms with van der Waals surface area (Å²) in [5.41, 5.74) is 0.307. The Kier molecular flexibility index (Phi) is 2.96. The molecule has 0 saturated heterocycles. The molecule has 1 saturated carbocycles. The van der Waals surface area contributed by atoms with E-state index in [9.17, 15) is 5.11 Å². The van der Waals surface area contributed by atoms with Crippen LogP contribution in [0.3, 0.4) is 0 Å². The third-order valence-corrected chi connectivity index (χ3v) is 3.82. The van der Waals surface area contributed by atoms with Crippen molar-refractivity contribution in [2.45, 2.75) is 31.3 Å². The summed E-state index contributed by atoms with van der Waals surface area (Å²) in [6.07, 6.45) is 5.63. The lowest BCUT2D eigenvalue weighted by molar-refractivity contribution is 0.0436. The van der Waals surface area contributed by atoms with Crippen LogP contribution in [0.2, 0.25) is 0 Å². The molecule has 0 spiro atoms. The van der Waals surface area contributed by atoms with Crippen LogP contribution in [-0.2, 0) is 5.60 Å². The van der Waals surface area contributed by atoms with Crippen molar-refractivity contribution in [1.82, 2.24) is 4.98 Å². The molecule has 0 unspecified atom stereocenters. The first-order valence-corrected chi connectivity index (χ1v) is 6.24. The molecule has 76 valence electrons. The summed E-state index contributed by atoms with van der Waals surface area (Å²) in [5, 5.41) is 10.4. The molecule has 1 heterocycles. The highest BCUT2D eigenvalue weighted by Crippen LogP contribution is 2.41. The molecule has 1 aliphatic carbocycles. The van der Waals surface area contributed by atoms with Crippen molar-refractivity contribution in [2.75, 3.05) is 0 Å². The zero-order chi connectivity index (χ0) is 10.2. The summed E-state index contributed by atoms with van der Waals surface area (Å²) in [5.74, 6) is 0. The maximum absolute atomic E-state index is 10.4. The lowest BCUT2D eigenvalue weighted by Crippen LogP contribution is -2.21.